The van der Waals surface area contributed by atoms with Crippen molar-refractivity contribution >= 4 is 22.6 Å². The van der Waals surface area contributed by atoms with Gasteiger partial charge in [0.05, 0.1) is 3.57 Å². The lowest BCUT2D eigenvalue weighted by molar-refractivity contribution is 0.241. The van der Waals surface area contributed by atoms with Gasteiger partial charge in [-0.05, 0) is 41.1 Å². The molecule has 96 valence electrons. The second-order valence-corrected chi connectivity index (χ2v) is 5.09. The van der Waals surface area contributed by atoms with E-state index in [9.17, 15) is 0 Å². The summed E-state index contributed by atoms with van der Waals surface area (Å²) >= 11 is 2.24. The van der Waals surface area contributed by atoms with E-state index in [2.05, 4.69) is 39.7 Å². The van der Waals surface area contributed by atoms with E-state index in [-0.39, 0.29) is 0 Å². The zero-order chi connectivity index (χ0) is 12.8. The Morgan fingerprint density at radius 2 is 2.17 bits per heavy atom. The maximum Gasteiger partial charge on any atom is 0.264 e. The molecule has 18 heavy (non-hydrogen) atoms. The smallest absolute Gasteiger partial charge is 0.264 e. The van der Waals surface area contributed by atoms with Crippen molar-refractivity contribution in [2.24, 2.45) is 0 Å². The van der Waals surface area contributed by atoms with E-state index in [1.807, 2.05) is 24.3 Å². The number of hydrogen-bond acceptors (Lipinski definition) is 4. The van der Waals surface area contributed by atoms with Gasteiger partial charge in [0, 0.05) is 6.42 Å². The van der Waals surface area contributed by atoms with Crippen LogP contribution in [0.5, 0.6) is 5.75 Å². The number of unbranched alkanes of at least 4 members (excludes halogenated alkanes) is 1. The second-order valence-electron chi connectivity index (χ2n) is 3.93. The summed E-state index contributed by atoms with van der Waals surface area (Å²) in [6.45, 7) is 2.46. The molecule has 0 unspecified atom stereocenters. The van der Waals surface area contributed by atoms with Crippen LogP contribution in [-0.2, 0) is 13.0 Å². The monoisotopic (exact) mass is 358 g/mol. The van der Waals surface area contributed by atoms with Gasteiger partial charge in [0.25, 0.3) is 5.89 Å². The van der Waals surface area contributed by atoms with Gasteiger partial charge in [-0.25, -0.2) is 0 Å². The Hall–Kier alpha value is -1.11. The number of nitrogens with zero attached hydrogens (tertiary/aromatic N) is 2. The summed E-state index contributed by atoms with van der Waals surface area (Å²) in [6, 6.07) is 7.84. The summed E-state index contributed by atoms with van der Waals surface area (Å²) in [5, 5.41) is 3.92. The summed E-state index contributed by atoms with van der Waals surface area (Å²) in [5.41, 5.74) is 0. The van der Waals surface area contributed by atoms with Crippen LogP contribution in [0.4, 0.5) is 0 Å². The number of ether oxygens (including phenoxy) is 1. The SMILES string of the molecule is CCCCc1noc(COc2ccccc2I)n1. The number of aromatic nitrogens is 2. The molecule has 0 spiro atoms. The molecule has 2 aromatic rings. The Kier molecular flexibility index (Phi) is 4.98. The first-order valence-electron chi connectivity index (χ1n) is 5.98. The van der Waals surface area contributed by atoms with Crippen LogP contribution in [0.1, 0.15) is 31.5 Å². The van der Waals surface area contributed by atoms with Crippen LogP contribution in [0, 0.1) is 3.57 Å². The normalized spacial score (nSPS) is 10.6. The number of para-hydroxylation sites is 1. The second kappa shape index (κ2) is 6.72. The van der Waals surface area contributed by atoms with Crippen LogP contribution in [0.15, 0.2) is 28.8 Å². The first-order chi connectivity index (χ1) is 8.79. The molecule has 2 rings (SSSR count). The van der Waals surface area contributed by atoms with Gasteiger partial charge in [-0.1, -0.05) is 30.6 Å². The van der Waals surface area contributed by atoms with E-state index in [0.717, 1.165) is 34.4 Å². The highest BCUT2D eigenvalue weighted by Crippen LogP contribution is 2.20. The Labute approximate surface area is 120 Å². The molecule has 0 amide bonds. The number of aryl methyl sites for hydroxylation is 1. The number of halogens is 1. The number of rotatable bonds is 6. The zero-order valence-electron chi connectivity index (χ0n) is 10.2. The first-order valence-corrected chi connectivity index (χ1v) is 7.06. The predicted octanol–water partition coefficient (Wildman–Crippen LogP) is 3.60. The quantitative estimate of drug-likeness (QED) is 0.741. The fourth-order valence-electron chi connectivity index (χ4n) is 1.49. The fourth-order valence-corrected chi connectivity index (χ4v) is 2.03. The summed E-state index contributed by atoms with van der Waals surface area (Å²) < 4.78 is 11.8. The first kappa shape index (κ1) is 13.3. The third kappa shape index (κ3) is 3.69. The maximum atomic E-state index is 5.64. The van der Waals surface area contributed by atoms with E-state index in [0.29, 0.717) is 12.5 Å². The summed E-state index contributed by atoms with van der Waals surface area (Å²) in [6.07, 6.45) is 3.07. The van der Waals surface area contributed by atoms with Crippen molar-refractivity contribution in [2.45, 2.75) is 32.8 Å². The third-order valence-corrected chi connectivity index (χ3v) is 3.34. The molecule has 0 fully saturated rings. The lowest BCUT2D eigenvalue weighted by Gasteiger charge is -2.04. The van der Waals surface area contributed by atoms with Crippen LogP contribution in [0.25, 0.3) is 0 Å². The van der Waals surface area contributed by atoms with Crippen molar-refractivity contribution in [3.8, 4) is 5.75 Å². The van der Waals surface area contributed by atoms with Crippen molar-refractivity contribution in [2.75, 3.05) is 0 Å². The molecule has 1 aromatic carbocycles. The topological polar surface area (TPSA) is 48.2 Å². The highest BCUT2D eigenvalue weighted by atomic mass is 127. The van der Waals surface area contributed by atoms with Crippen molar-refractivity contribution in [1.29, 1.82) is 0 Å². The van der Waals surface area contributed by atoms with Gasteiger partial charge in [-0.3, -0.25) is 0 Å². The van der Waals surface area contributed by atoms with Crippen LogP contribution < -0.4 is 4.74 Å². The number of hydrogen-bond donors (Lipinski definition) is 0. The Balaban J connectivity index is 1.90. The molecule has 0 saturated carbocycles. The van der Waals surface area contributed by atoms with Crippen LogP contribution in [-0.4, -0.2) is 10.1 Å². The Morgan fingerprint density at radius 3 is 2.94 bits per heavy atom. The molecule has 0 aliphatic rings. The summed E-state index contributed by atoms with van der Waals surface area (Å²) in [5.74, 6) is 2.13. The maximum absolute atomic E-state index is 5.64. The lowest BCUT2D eigenvalue weighted by atomic mass is 10.2. The zero-order valence-corrected chi connectivity index (χ0v) is 12.4. The standard InChI is InChI=1S/C13H15IN2O2/c1-2-3-8-12-15-13(18-16-12)9-17-11-7-5-4-6-10(11)14/h4-7H,2-3,8-9H2,1H3. The van der Waals surface area contributed by atoms with Gasteiger partial charge >= 0.3 is 0 Å². The van der Waals surface area contributed by atoms with Gasteiger partial charge < -0.3 is 9.26 Å². The van der Waals surface area contributed by atoms with E-state index >= 15 is 0 Å². The van der Waals surface area contributed by atoms with Crippen molar-refractivity contribution in [3.63, 3.8) is 0 Å². The summed E-state index contributed by atoms with van der Waals surface area (Å²) in [4.78, 5) is 4.29. The molecule has 0 saturated heterocycles. The van der Waals surface area contributed by atoms with Crippen molar-refractivity contribution in [3.05, 3.63) is 39.6 Å². The molecule has 4 nitrogen and oxygen atoms in total. The lowest BCUT2D eigenvalue weighted by Crippen LogP contribution is -1.97. The largest absolute Gasteiger partial charge is 0.483 e. The Bertz CT molecular complexity index is 499. The van der Waals surface area contributed by atoms with E-state index in [4.69, 9.17) is 9.26 Å². The van der Waals surface area contributed by atoms with Gasteiger partial charge in [0.1, 0.15) is 5.75 Å². The average Bonchev–Trinajstić information content (AvgIpc) is 2.83. The summed E-state index contributed by atoms with van der Waals surface area (Å²) in [7, 11) is 0. The third-order valence-electron chi connectivity index (χ3n) is 2.45. The molecule has 0 radical (unpaired) electrons. The van der Waals surface area contributed by atoms with E-state index < -0.39 is 0 Å². The molecule has 1 heterocycles. The van der Waals surface area contributed by atoms with Gasteiger partial charge in [-0.15, -0.1) is 0 Å². The highest BCUT2D eigenvalue weighted by Gasteiger charge is 2.07. The van der Waals surface area contributed by atoms with Crippen molar-refractivity contribution < 1.29 is 9.26 Å². The molecular formula is C13H15IN2O2. The fraction of sp³-hybridized carbons (Fsp3) is 0.385. The van der Waals surface area contributed by atoms with Gasteiger partial charge in [-0.2, -0.15) is 4.98 Å². The van der Waals surface area contributed by atoms with Gasteiger partial charge in [0.15, 0.2) is 12.4 Å². The average molecular weight is 358 g/mol. The van der Waals surface area contributed by atoms with E-state index in [1.54, 1.807) is 0 Å². The highest BCUT2D eigenvalue weighted by molar-refractivity contribution is 14.1. The van der Waals surface area contributed by atoms with Crippen LogP contribution in [0.3, 0.4) is 0 Å². The molecule has 0 atom stereocenters. The molecule has 5 heteroatoms. The minimum atomic E-state index is 0.319. The molecule has 0 aliphatic heterocycles. The Morgan fingerprint density at radius 1 is 1.33 bits per heavy atom. The van der Waals surface area contributed by atoms with Gasteiger partial charge in [0.2, 0.25) is 0 Å². The number of benzene rings is 1. The molecule has 0 aliphatic carbocycles. The molecule has 0 N–H and O–H groups in total. The van der Waals surface area contributed by atoms with Crippen LogP contribution >= 0.6 is 22.6 Å². The molecule has 1 aromatic heterocycles. The minimum Gasteiger partial charge on any atom is -0.483 e. The molecule has 0 bridgehead atoms. The van der Waals surface area contributed by atoms with E-state index in [1.165, 1.54) is 0 Å². The predicted molar refractivity (Wildman–Crippen MR) is 76.4 cm³/mol. The molecular weight excluding hydrogens is 343 g/mol. The van der Waals surface area contributed by atoms with Crippen LogP contribution in [0.2, 0.25) is 0 Å². The minimum absolute atomic E-state index is 0.319. The van der Waals surface area contributed by atoms with Crippen molar-refractivity contribution in [1.82, 2.24) is 10.1 Å².